The summed E-state index contributed by atoms with van der Waals surface area (Å²) in [6.07, 6.45) is 0.951. The van der Waals surface area contributed by atoms with Crippen LogP contribution in [0.5, 0.6) is 0 Å². The van der Waals surface area contributed by atoms with Crippen LogP contribution in [0.25, 0.3) is 0 Å². The van der Waals surface area contributed by atoms with Crippen LogP contribution in [0.3, 0.4) is 0 Å². The number of nitrogens with zero attached hydrogens (tertiary/aromatic N) is 1. The highest BCUT2D eigenvalue weighted by Crippen LogP contribution is 2.21. The standard InChI is InChI=1S/C14H19BrN2O3/c1-10-8-11(17(19)20)4-5-12(10)13(18)16-9-14(2,3)6-7-15/h4-5,8H,6-7,9H2,1-3H3,(H,16,18). The first kappa shape index (κ1) is 16.6. The van der Waals surface area contributed by atoms with Gasteiger partial charge in [-0.3, -0.25) is 14.9 Å². The van der Waals surface area contributed by atoms with Crippen LogP contribution in [0.2, 0.25) is 0 Å². The van der Waals surface area contributed by atoms with Crippen LogP contribution in [-0.2, 0) is 0 Å². The number of amides is 1. The largest absolute Gasteiger partial charge is 0.351 e. The first-order valence-corrected chi connectivity index (χ1v) is 7.48. The van der Waals surface area contributed by atoms with Crippen LogP contribution in [0, 0.1) is 22.5 Å². The number of nitrogens with one attached hydrogen (secondary N) is 1. The molecule has 0 unspecified atom stereocenters. The van der Waals surface area contributed by atoms with Gasteiger partial charge in [0, 0.05) is 29.6 Å². The van der Waals surface area contributed by atoms with Gasteiger partial charge in [-0.1, -0.05) is 29.8 Å². The number of halogens is 1. The molecule has 0 aliphatic rings. The second-order valence-corrected chi connectivity index (χ2v) is 6.34. The maximum absolute atomic E-state index is 12.1. The summed E-state index contributed by atoms with van der Waals surface area (Å²) in [5.41, 5.74) is 1.09. The number of carbonyl (C=O) groups excluding carboxylic acids is 1. The first-order chi connectivity index (χ1) is 9.26. The van der Waals surface area contributed by atoms with E-state index in [-0.39, 0.29) is 17.0 Å². The van der Waals surface area contributed by atoms with E-state index < -0.39 is 4.92 Å². The van der Waals surface area contributed by atoms with E-state index in [4.69, 9.17) is 0 Å². The molecular formula is C14H19BrN2O3. The van der Waals surface area contributed by atoms with Crippen LogP contribution in [-0.4, -0.2) is 22.7 Å². The Morgan fingerprint density at radius 3 is 2.60 bits per heavy atom. The van der Waals surface area contributed by atoms with Crippen LogP contribution >= 0.6 is 15.9 Å². The van der Waals surface area contributed by atoms with Crippen molar-refractivity contribution in [2.75, 3.05) is 11.9 Å². The van der Waals surface area contributed by atoms with E-state index in [9.17, 15) is 14.9 Å². The highest BCUT2D eigenvalue weighted by molar-refractivity contribution is 9.09. The Kier molecular flexibility index (Phi) is 5.68. The van der Waals surface area contributed by atoms with Gasteiger partial charge < -0.3 is 5.32 Å². The van der Waals surface area contributed by atoms with Gasteiger partial charge in [-0.15, -0.1) is 0 Å². The number of alkyl halides is 1. The molecule has 0 aliphatic heterocycles. The van der Waals surface area contributed by atoms with Crippen molar-refractivity contribution in [2.24, 2.45) is 5.41 Å². The number of nitro benzene ring substituents is 1. The molecule has 20 heavy (non-hydrogen) atoms. The molecule has 0 radical (unpaired) electrons. The Bertz CT molecular complexity index is 515. The molecule has 0 atom stereocenters. The Morgan fingerprint density at radius 2 is 2.10 bits per heavy atom. The van der Waals surface area contributed by atoms with Crippen molar-refractivity contribution < 1.29 is 9.72 Å². The third kappa shape index (κ3) is 4.59. The molecule has 0 aromatic heterocycles. The van der Waals surface area contributed by atoms with Crippen LogP contribution < -0.4 is 5.32 Å². The Labute approximate surface area is 127 Å². The lowest BCUT2D eigenvalue weighted by Crippen LogP contribution is -2.34. The number of carbonyl (C=O) groups is 1. The molecule has 6 heteroatoms. The van der Waals surface area contributed by atoms with Crippen LogP contribution in [0.4, 0.5) is 5.69 Å². The topological polar surface area (TPSA) is 72.2 Å². The number of hydrogen-bond donors (Lipinski definition) is 1. The third-order valence-electron chi connectivity index (χ3n) is 3.16. The fourth-order valence-corrected chi connectivity index (χ4v) is 2.85. The molecule has 1 rings (SSSR count). The smallest absolute Gasteiger partial charge is 0.269 e. The molecule has 1 aromatic carbocycles. The Balaban J connectivity index is 2.76. The molecular weight excluding hydrogens is 324 g/mol. The average Bonchev–Trinajstić information content (AvgIpc) is 2.35. The number of rotatable bonds is 6. The fourth-order valence-electron chi connectivity index (χ4n) is 1.78. The second kappa shape index (κ2) is 6.83. The van der Waals surface area contributed by atoms with Crippen molar-refractivity contribution in [1.29, 1.82) is 0 Å². The third-order valence-corrected chi connectivity index (χ3v) is 3.56. The molecule has 0 heterocycles. The summed E-state index contributed by atoms with van der Waals surface area (Å²) in [6, 6.07) is 4.27. The lowest BCUT2D eigenvalue weighted by molar-refractivity contribution is -0.384. The van der Waals surface area contributed by atoms with Gasteiger partial charge in [-0.05, 0) is 30.4 Å². The molecule has 0 saturated heterocycles. The van der Waals surface area contributed by atoms with Crippen molar-refractivity contribution >= 4 is 27.5 Å². The van der Waals surface area contributed by atoms with Crippen molar-refractivity contribution in [2.45, 2.75) is 27.2 Å². The fraction of sp³-hybridized carbons (Fsp3) is 0.500. The molecule has 0 bridgehead atoms. The van der Waals surface area contributed by atoms with Crippen molar-refractivity contribution in [3.05, 3.63) is 39.4 Å². The molecule has 1 aromatic rings. The predicted molar refractivity (Wildman–Crippen MR) is 82.4 cm³/mol. The summed E-state index contributed by atoms with van der Waals surface area (Å²) in [5, 5.41) is 14.4. The van der Waals surface area contributed by atoms with Crippen molar-refractivity contribution in [3.8, 4) is 0 Å². The lowest BCUT2D eigenvalue weighted by atomic mass is 9.90. The summed E-state index contributed by atoms with van der Waals surface area (Å²) < 4.78 is 0. The number of nitro groups is 1. The van der Waals surface area contributed by atoms with Gasteiger partial charge in [0.1, 0.15) is 0 Å². The number of non-ortho nitro benzene ring substituents is 1. The molecule has 1 amide bonds. The van der Waals surface area contributed by atoms with E-state index >= 15 is 0 Å². The predicted octanol–water partition coefficient (Wildman–Crippen LogP) is 3.44. The second-order valence-electron chi connectivity index (χ2n) is 5.54. The molecule has 110 valence electrons. The van der Waals surface area contributed by atoms with Crippen LogP contribution in [0.1, 0.15) is 36.2 Å². The summed E-state index contributed by atoms with van der Waals surface area (Å²) in [4.78, 5) is 22.3. The average molecular weight is 343 g/mol. The summed E-state index contributed by atoms with van der Waals surface area (Å²) in [6.45, 7) is 6.42. The SMILES string of the molecule is Cc1cc([N+](=O)[O-])ccc1C(=O)NCC(C)(C)CCBr. The van der Waals surface area contributed by atoms with E-state index in [0.29, 0.717) is 17.7 Å². The van der Waals surface area contributed by atoms with E-state index in [1.807, 2.05) is 0 Å². The first-order valence-electron chi connectivity index (χ1n) is 6.36. The number of hydrogen-bond acceptors (Lipinski definition) is 3. The summed E-state index contributed by atoms with van der Waals surface area (Å²) >= 11 is 3.39. The maximum Gasteiger partial charge on any atom is 0.269 e. The summed E-state index contributed by atoms with van der Waals surface area (Å²) in [5.74, 6) is -0.194. The monoisotopic (exact) mass is 342 g/mol. The van der Waals surface area contributed by atoms with Crippen LogP contribution in [0.15, 0.2) is 18.2 Å². The highest BCUT2D eigenvalue weighted by atomic mass is 79.9. The molecule has 0 aliphatic carbocycles. The Hall–Kier alpha value is -1.43. The van der Waals surface area contributed by atoms with E-state index in [1.165, 1.54) is 18.2 Å². The van der Waals surface area contributed by atoms with Gasteiger partial charge in [0.05, 0.1) is 4.92 Å². The van der Waals surface area contributed by atoms with Gasteiger partial charge in [0.15, 0.2) is 0 Å². The van der Waals surface area contributed by atoms with Gasteiger partial charge in [0.25, 0.3) is 11.6 Å². The zero-order valence-electron chi connectivity index (χ0n) is 11.9. The van der Waals surface area contributed by atoms with E-state index in [0.717, 1.165) is 11.8 Å². The Morgan fingerprint density at radius 1 is 1.45 bits per heavy atom. The number of aryl methyl sites for hydroxylation is 1. The quantitative estimate of drug-likeness (QED) is 0.489. The van der Waals surface area contributed by atoms with Gasteiger partial charge in [-0.2, -0.15) is 0 Å². The summed E-state index contributed by atoms with van der Waals surface area (Å²) in [7, 11) is 0. The van der Waals surface area contributed by atoms with E-state index in [2.05, 4.69) is 35.1 Å². The lowest BCUT2D eigenvalue weighted by Gasteiger charge is -2.24. The number of benzene rings is 1. The van der Waals surface area contributed by atoms with Gasteiger partial charge >= 0.3 is 0 Å². The maximum atomic E-state index is 12.1. The minimum Gasteiger partial charge on any atom is -0.351 e. The zero-order chi connectivity index (χ0) is 15.3. The zero-order valence-corrected chi connectivity index (χ0v) is 13.5. The normalized spacial score (nSPS) is 11.2. The molecule has 5 nitrogen and oxygen atoms in total. The van der Waals surface area contributed by atoms with Crippen molar-refractivity contribution in [3.63, 3.8) is 0 Å². The minimum absolute atomic E-state index is 0.00123. The molecule has 0 fully saturated rings. The molecule has 0 spiro atoms. The van der Waals surface area contributed by atoms with E-state index in [1.54, 1.807) is 6.92 Å². The minimum atomic E-state index is -0.464. The van der Waals surface area contributed by atoms with Gasteiger partial charge in [-0.25, -0.2) is 0 Å². The highest BCUT2D eigenvalue weighted by Gasteiger charge is 2.19. The molecule has 1 N–H and O–H groups in total. The van der Waals surface area contributed by atoms with Crippen molar-refractivity contribution in [1.82, 2.24) is 5.32 Å². The van der Waals surface area contributed by atoms with Gasteiger partial charge in [0.2, 0.25) is 0 Å². The molecule has 0 saturated carbocycles.